The zero-order valence-corrected chi connectivity index (χ0v) is 14.0. The van der Waals surface area contributed by atoms with E-state index in [4.69, 9.17) is 16.3 Å². The predicted octanol–water partition coefficient (Wildman–Crippen LogP) is 4.19. The van der Waals surface area contributed by atoms with Crippen LogP contribution in [0.3, 0.4) is 0 Å². The van der Waals surface area contributed by atoms with Gasteiger partial charge in [0.15, 0.2) is 11.5 Å². The summed E-state index contributed by atoms with van der Waals surface area (Å²) in [5, 5.41) is 8.32. The second-order valence-electron chi connectivity index (χ2n) is 5.48. The minimum absolute atomic E-state index is 0.0551. The lowest BCUT2D eigenvalue weighted by molar-refractivity contribution is 0.412. The highest BCUT2D eigenvalue weighted by Crippen LogP contribution is 2.32. The van der Waals surface area contributed by atoms with Crippen molar-refractivity contribution in [3.05, 3.63) is 52.7 Å². The fourth-order valence-corrected chi connectivity index (χ4v) is 2.96. The Morgan fingerprint density at radius 2 is 1.92 bits per heavy atom. The van der Waals surface area contributed by atoms with Gasteiger partial charge in [-0.2, -0.15) is 0 Å². The third-order valence-corrected chi connectivity index (χ3v) is 4.26. The number of ether oxygens (including phenoxy) is 1. The van der Waals surface area contributed by atoms with E-state index in [1.165, 1.54) is 31.4 Å². The monoisotopic (exact) mass is 360 g/mol. The summed E-state index contributed by atoms with van der Waals surface area (Å²) >= 11 is 6.23. The van der Waals surface area contributed by atoms with Crippen molar-refractivity contribution in [3.63, 3.8) is 0 Å². The molecule has 0 aliphatic heterocycles. The maximum absolute atomic E-state index is 14.3. The van der Waals surface area contributed by atoms with Gasteiger partial charge in [0.1, 0.15) is 22.9 Å². The minimum atomic E-state index is -0.577. The standard InChI is InChI=1S/C17H11ClF2N4O/c1-8-16-23-22-15-13(20)6-10(25-2)7-14(15)24(16)17(21-8)11-5-9(19)3-4-12(11)18/h3-7H,1-2H3. The topological polar surface area (TPSA) is 52.3 Å². The lowest BCUT2D eigenvalue weighted by Gasteiger charge is -2.08. The molecule has 0 radical (unpaired) electrons. The molecule has 2 aromatic carbocycles. The van der Waals surface area contributed by atoms with Gasteiger partial charge in [-0.3, -0.25) is 4.40 Å². The van der Waals surface area contributed by atoms with Gasteiger partial charge in [-0.15, -0.1) is 10.2 Å². The Morgan fingerprint density at radius 1 is 1.12 bits per heavy atom. The molecule has 5 nitrogen and oxygen atoms in total. The normalized spacial score (nSPS) is 11.4. The highest BCUT2D eigenvalue weighted by atomic mass is 35.5. The van der Waals surface area contributed by atoms with Crippen LogP contribution in [0.15, 0.2) is 30.3 Å². The lowest BCUT2D eigenvalue weighted by Crippen LogP contribution is -2.00. The van der Waals surface area contributed by atoms with Crippen LogP contribution in [0.5, 0.6) is 5.75 Å². The molecule has 0 saturated heterocycles. The highest BCUT2D eigenvalue weighted by molar-refractivity contribution is 6.33. The van der Waals surface area contributed by atoms with Crippen LogP contribution in [0.4, 0.5) is 8.78 Å². The molecule has 0 amide bonds. The predicted molar refractivity (Wildman–Crippen MR) is 89.9 cm³/mol. The molecule has 8 heteroatoms. The Kier molecular flexibility index (Phi) is 3.54. The number of fused-ring (bicyclic) bond motifs is 3. The number of benzene rings is 2. The number of hydrogen-bond donors (Lipinski definition) is 0. The second kappa shape index (κ2) is 5.63. The van der Waals surface area contributed by atoms with Crippen molar-refractivity contribution in [2.45, 2.75) is 6.92 Å². The Hall–Kier alpha value is -2.80. The summed E-state index contributed by atoms with van der Waals surface area (Å²) in [5.41, 5.74) is 1.82. The highest BCUT2D eigenvalue weighted by Gasteiger charge is 2.19. The van der Waals surface area contributed by atoms with E-state index in [2.05, 4.69) is 15.2 Å². The quantitative estimate of drug-likeness (QED) is 0.538. The fourth-order valence-electron chi connectivity index (χ4n) is 2.76. The van der Waals surface area contributed by atoms with Crippen molar-refractivity contribution in [1.29, 1.82) is 0 Å². The van der Waals surface area contributed by atoms with Crippen LogP contribution < -0.4 is 4.74 Å². The van der Waals surface area contributed by atoms with E-state index in [-0.39, 0.29) is 5.52 Å². The average molecular weight is 361 g/mol. The Balaban J connectivity index is 2.19. The zero-order valence-electron chi connectivity index (χ0n) is 13.2. The van der Waals surface area contributed by atoms with Crippen LogP contribution >= 0.6 is 11.6 Å². The molecular weight excluding hydrogens is 350 g/mol. The van der Waals surface area contributed by atoms with Crippen LogP contribution in [0, 0.1) is 18.6 Å². The molecular formula is C17H11ClF2N4O. The molecule has 0 atom stereocenters. The van der Waals surface area contributed by atoms with Crippen molar-refractivity contribution < 1.29 is 13.5 Å². The van der Waals surface area contributed by atoms with Crippen LogP contribution in [-0.4, -0.2) is 26.7 Å². The van der Waals surface area contributed by atoms with Gasteiger partial charge in [0.25, 0.3) is 0 Å². The number of nitrogens with zero attached hydrogens (tertiary/aromatic N) is 4. The summed E-state index contributed by atoms with van der Waals surface area (Å²) in [7, 11) is 1.44. The molecule has 0 bridgehead atoms. The first-order valence-electron chi connectivity index (χ1n) is 7.34. The number of hydrogen-bond acceptors (Lipinski definition) is 4. The van der Waals surface area contributed by atoms with Gasteiger partial charge >= 0.3 is 0 Å². The summed E-state index contributed by atoms with van der Waals surface area (Å²) in [4.78, 5) is 4.44. The van der Waals surface area contributed by atoms with Crippen LogP contribution in [0.2, 0.25) is 5.02 Å². The molecule has 0 spiro atoms. The molecule has 0 unspecified atom stereocenters. The van der Waals surface area contributed by atoms with Gasteiger partial charge in [0.05, 0.1) is 23.3 Å². The van der Waals surface area contributed by atoms with Gasteiger partial charge in [0.2, 0.25) is 0 Å². The number of methoxy groups -OCH3 is 1. The largest absolute Gasteiger partial charge is 0.497 e. The number of aromatic nitrogens is 4. The van der Waals surface area contributed by atoms with Crippen LogP contribution in [-0.2, 0) is 0 Å². The molecule has 0 aliphatic rings. The average Bonchev–Trinajstić information content (AvgIpc) is 2.94. The van der Waals surface area contributed by atoms with Gasteiger partial charge in [-0.05, 0) is 25.1 Å². The summed E-state index contributed by atoms with van der Waals surface area (Å²) in [5.74, 6) is -0.359. The van der Waals surface area contributed by atoms with E-state index in [9.17, 15) is 8.78 Å². The lowest BCUT2D eigenvalue weighted by atomic mass is 10.2. The van der Waals surface area contributed by atoms with Crippen LogP contribution in [0.25, 0.3) is 28.1 Å². The maximum atomic E-state index is 14.3. The molecule has 2 heterocycles. The van der Waals surface area contributed by atoms with Crippen molar-refractivity contribution in [1.82, 2.24) is 19.6 Å². The Labute approximate surface area is 145 Å². The number of rotatable bonds is 2. The number of halogens is 3. The Bertz CT molecular complexity index is 1140. The van der Waals surface area contributed by atoms with Crippen molar-refractivity contribution in [2.24, 2.45) is 0 Å². The zero-order chi connectivity index (χ0) is 17.7. The SMILES string of the molecule is COc1cc(F)c2nnc3c(C)nc(-c4cc(F)ccc4Cl)n3c2c1. The molecule has 25 heavy (non-hydrogen) atoms. The van der Waals surface area contributed by atoms with Crippen LogP contribution in [0.1, 0.15) is 5.69 Å². The van der Waals surface area contributed by atoms with Gasteiger partial charge < -0.3 is 4.74 Å². The first-order chi connectivity index (χ1) is 12.0. The molecule has 0 N–H and O–H groups in total. The van der Waals surface area contributed by atoms with E-state index in [0.29, 0.717) is 39.0 Å². The molecule has 2 aromatic heterocycles. The van der Waals surface area contributed by atoms with Gasteiger partial charge in [-0.25, -0.2) is 13.8 Å². The summed E-state index contributed by atoms with van der Waals surface area (Å²) in [6.45, 7) is 1.74. The molecule has 126 valence electrons. The van der Waals surface area contributed by atoms with E-state index in [0.717, 1.165) is 0 Å². The first-order valence-corrected chi connectivity index (χ1v) is 7.72. The molecule has 0 fully saturated rings. The summed E-state index contributed by atoms with van der Waals surface area (Å²) in [6, 6.07) is 6.83. The van der Waals surface area contributed by atoms with E-state index in [1.54, 1.807) is 17.4 Å². The summed E-state index contributed by atoms with van der Waals surface area (Å²) < 4.78 is 34.8. The number of aryl methyl sites for hydroxylation is 1. The van der Waals surface area contributed by atoms with E-state index in [1.807, 2.05) is 0 Å². The molecule has 4 rings (SSSR count). The van der Waals surface area contributed by atoms with Crippen molar-refractivity contribution in [2.75, 3.05) is 7.11 Å². The maximum Gasteiger partial charge on any atom is 0.183 e. The third kappa shape index (κ3) is 2.39. The van der Waals surface area contributed by atoms with Gasteiger partial charge in [0, 0.05) is 17.7 Å². The summed E-state index contributed by atoms with van der Waals surface area (Å²) in [6.07, 6.45) is 0. The van der Waals surface area contributed by atoms with Crippen molar-refractivity contribution in [3.8, 4) is 17.1 Å². The second-order valence-corrected chi connectivity index (χ2v) is 5.89. The third-order valence-electron chi connectivity index (χ3n) is 3.93. The fraction of sp³-hybridized carbons (Fsp3) is 0.118. The van der Waals surface area contributed by atoms with E-state index >= 15 is 0 Å². The minimum Gasteiger partial charge on any atom is -0.497 e. The molecule has 0 aliphatic carbocycles. The van der Waals surface area contributed by atoms with E-state index < -0.39 is 11.6 Å². The Morgan fingerprint density at radius 3 is 2.68 bits per heavy atom. The molecule has 0 saturated carbocycles. The van der Waals surface area contributed by atoms with Gasteiger partial charge in [-0.1, -0.05) is 11.6 Å². The molecule has 4 aromatic rings. The first kappa shape index (κ1) is 15.7. The van der Waals surface area contributed by atoms with Crippen molar-refractivity contribution >= 4 is 28.3 Å². The number of imidazole rings is 1. The smallest absolute Gasteiger partial charge is 0.183 e.